The summed E-state index contributed by atoms with van der Waals surface area (Å²) in [5.74, 6) is 0. The molecule has 2 radical (unpaired) electrons. The van der Waals surface area contributed by atoms with Crippen LogP contribution < -0.4 is 0 Å². The highest BCUT2D eigenvalue weighted by Crippen LogP contribution is 2.21. The third kappa shape index (κ3) is 1.34. The van der Waals surface area contributed by atoms with Crippen LogP contribution in [-0.2, 0) is 4.74 Å². The van der Waals surface area contributed by atoms with Crippen LogP contribution in [0.4, 0.5) is 0 Å². The average molecular weight is 124 g/mol. The van der Waals surface area contributed by atoms with E-state index in [0.717, 1.165) is 5.57 Å². The van der Waals surface area contributed by atoms with E-state index in [0.29, 0.717) is 6.42 Å². The van der Waals surface area contributed by atoms with E-state index in [2.05, 4.69) is 6.58 Å². The van der Waals surface area contributed by atoms with Gasteiger partial charge in [-0.3, -0.25) is 0 Å². The minimum absolute atomic E-state index is 0.0344. The topological polar surface area (TPSA) is 29.5 Å². The Morgan fingerprint density at radius 2 is 2.56 bits per heavy atom. The molecule has 0 bridgehead atoms. The van der Waals surface area contributed by atoms with Crippen LogP contribution in [-0.4, -0.2) is 31.7 Å². The first-order valence-corrected chi connectivity index (χ1v) is 2.93. The number of hydrogen-bond acceptors (Lipinski definition) is 2. The van der Waals surface area contributed by atoms with Crippen molar-refractivity contribution in [2.24, 2.45) is 0 Å². The molecule has 1 saturated heterocycles. The summed E-state index contributed by atoms with van der Waals surface area (Å²) in [5.41, 5.74) is 0.869. The number of rotatable bonds is 1. The minimum atomic E-state index is -0.359. The third-order valence-corrected chi connectivity index (χ3v) is 1.43. The Labute approximate surface area is 55.9 Å². The van der Waals surface area contributed by atoms with Gasteiger partial charge in [0.1, 0.15) is 7.85 Å². The Balaban J connectivity index is 2.44. The minimum Gasteiger partial charge on any atom is -0.394 e. The first kappa shape index (κ1) is 6.84. The third-order valence-electron chi connectivity index (χ3n) is 1.43. The van der Waals surface area contributed by atoms with Crippen LogP contribution in [0.5, 0.6) is 0 Å². The number of aliphatic hydroxyl groups excluding tert-OH is 1. The van der Waals surface area contributed by atoms with Crippen LogP contribution >= 0.6 is 0 Å². The molecule has 0 unspecified atom stereocenters. The zero-order chi connectivity index (χ0) is 6.85. The van der Waals surface area contributed by atoms with E-state index in [1.165, 1.54) is 0 Å². The monoisotopic (exact) mass is 124 g/mol. The van der Waals surface area contributed by atoms with Crippen molar-refractivity contribution in [2.75, 3.05) is 6.61 Å². The summed E-state index contributed by atoms with van der Waals surface area (Å²) in [4.78, 5) is 0. The molecule has 0 aromatic carbocycles. The van der Waals surface area contributed by atoms with Gasteiger partial charge in [0.25, 0.3) is 0 Å². The van der Waals surface area contributed by atoms with Crippen molar-refractivity contribution in [3.8, 4) is 0 Å². The first-order valence-electron chi connectivity index (χ1n) is 2.93. The molecule has 2 atom stereocenters. The van der Waals surface area contributed by atoms with E-state index in [9.17, 15) is 0 Å². The molecule has 0 saturated carbocycles. The van der Waals surface area contributed by atoms with Crippen molar-refractivity contribution in [3.63, 3.8) is 0 Å². The van der Waals surface area contributed by atoms with Gasteiger partial charge in [-0.2, -0.15) is 0 Å². The lowest BCUT2D eigenvalue weighted by atomic mass is 9.93. The number of hydrogen-bond donors (Lipinski definition) is 1. The molecule has 3 heteroatoms. The zero-order valence-electron chi connectivity index (χ0n) is 5.21. The maximum atomic E-state index is 8.58. The van der Waals surface area contributed by atoms with Crippen LogP contribution in [0.2, 0.25) is 0 Å². The van der Waals surface area contributed by atoms with Gasteiger partial charge < -0.3 is 9.84 Å². The second kappa shape index (κ2) is 2.54. The van der Waals surface area contributed by atoms with E-state index in [1.54, 1.807) is 0 Å². The fraction of sp³-hybridized carbons (Fsp3) is 0.667. The Bertz CT molecular complexity index is 124. The first-order chi connectivity index (χ1) is 4.24. The van der Waals surface area contributed by atoms with Crippen molar-refractivity contribution in [3.05, 3.63) is 12.2 Å². The highest BCUT2D eigenvalue weighted by atomic mass is 16.5. The molecule has 48 valence electrons. The summed E-state index contributed by atoms with van der Waals surface area (Å²) >= 11 is 0. The van der Waals surface area contributed by atoms with E-state index >= 15 is 0 Å². The summed E-state index contributed by atoms with van der Waals surface area (Å²) in [6.45, 7) is 3.71. The van der Waals surface area contributed by atoms with E-state index in [4.69, 9.17) is 17.7 Å². The average Bonchev–Trinajstić information content (AvgIpc) is 2.13. The lowest BCUT2D eigenvalue weighted by Gasteiger charge is -2.05. The van der Waals surface area contributed by atoms with Crippen molar-refractivity contribution >= 4 is 7.85 Å². The molecule has 0 aromatic heterocycles. The van der Waals surface area contributed by atoms with Crippen molar-refractivity contribution in [1.82, 2.24) is 0 Å². The molecule has 2 nitrogen and oxygen atoms in total. The van der Waals surface area contributed by atoms with Gasteiger partial charge in [-0.1, -0.05) is 12.2 Å². The highest BCUT2D eigenvalue weighted by Gasteiger charge is 2.23. The summed E-state index contributed by atoms with van der Waals surface area (Å²) in [5, 5.41) is 8.58. The van der Waals surface area contributed by atoms with Gasteiger partial charge in [-0.25, -0.2) is 0 Å². The van der Waals surface area contributed by atoms with Crippen LogP contribution in [0.3, 0.4) is 0 Å². The maximum absolute atomic E-state index is 8.58. The van der Waals surface area contributed by atoms with Gasteiger partial charge in [-0.05, 0) is 6.42 Å². The highest BCUT2D eigenvalue weighted by molar-refractivity contribution is 6.13. The number of ether oxygens (including phenoxy) is 1. The van der Waals surface area contributed by atoms with Gasteiger partial charge in [-0.15, -0.1) is 0 Å². The smallest absolute Gasteiger partial charge is 0.115 e. The molecule has 0 spiro atoms. The predicted octanol–water partition coefficient (Wildman–Crippen LogP) is -0.182. The lowest BCUT2D eigenvalue weighted by Crippen LogP contribution is -2.14. The zero-order valence-corrected chi connectivity index (χ0v) is 5.21. The summed E-state index contributed by atoms with van der Waals surface area (Å²) in [6.07, 6.45) is 0.574. The largest absolute Gasteiger partial charge is 0.394 e. The summed E-state index contributed by atoms with van der Waals surface area (Å²) in [6, 6.07) is -0.359. The SMILES string of the molecule is [B][C@@H]1O[C@H](CO)CC1=C. The standard InChI is InChI=1S/C6H9BO2/c1-4-2-5(3-8)9-6(4)7/h5-6,8H,1-3H2/t5-,6+/m0/s1. The lowest BCUT2D eigenvalue weighted by molar-refractivity contribution is 0.0454. The van der Waals surface area contributed by atoms with Crippen molar-refractivity contribution in [1.29, 1.82) is 0 Å². The molecular weight excluding hydrogens is 115 g/mol. The van der Waals surface area contributed by atoms with Gasteiger partial charge in [0, 0.05) is 6.00 Å². The Hall–Kier alpha value is -0.275. The predicted molar refractivity (Wildman–Crippen MR) is 35.3 cm³/mol. The Kier molecular flexibility index (Phi) is 1.93. The normalized spacial score (nSPS) is 35.4. The van der Waals surface area contributed by atoms with Gasteiger partial charge in [0.05, 0.1) is 12.7 Å². The Morgan fingerprint density at radius 1 is 1.89 bits per heavy atom. The molecule has 1 aliphatic heterocycles. The van der Waals surface area contributed by atoms with Crippen LogP contribution in [0.1, 0.15) is 6.42 Å². The molecule has 1 fully saturated rings. The second-order valence-corrected chi connectivity index (χ2v) is 2.22. The molecule has 1 N–H and O–H groups in total. The maximum Gasteiger partial charge on any atom is 0.115 e. The van der Waals surface area contributed by atoms with Crippen LogP contribution in [0, 0.1) is 0 Å². The molecule has 1 rings (SSSR count). The van der Waals surface area contributed by atoms with Crippen LogP contribution in [0.15, 0.2) is 12.2 Å². The molecule has 0 aromatic rings. The molecule has 9 heavy (non-hydrogen) atoms. The fourth-order valence-electron chi connectivity index (χ4n) is 0.868. The molecular formula is C6H9BO2. The van der Waals surface area contributed by atoms with Crippen molar-refractivity contribution in [2.45, 2.75) is 18.5 Å². The summed E-state index contributed by atoms with van der Waals surface area (Å²) in [7, 11) is 5.41. The van der Waals surface area contributed by atoms with Gasteiger partial charge >= 0.3 is 0 Å². The summed E-state index contributed by atoms with van der Waals surface area (Å²) < 4.78 is 5.05. The molecule has 0 amide bonds. The van der Waals surface area contributed by atoms with E-state index < -0.39 is 0 Å². The quantitative estimate of drug-likeness (QED) is 0.388. The molecule has 1 aliphatic rings. The van der Waals surface area contributed by atoms with E-state index in [-0.39, 0.29) is 18.7 Å². The molecule has 1 heterocycles. The Morgan fingerprint density at radius 3 is 2.78 bits per heavy atom. The fourth-order valence-corrected chi connectivity index (χ4v) is 0.868. The number of aliphatic hydroxyl groups is 1. The van der Waals surface area contributed by atoms with Crippen LogP contribution in [0.25, 0.3) is 0 Å². The van der Waals surface area contributed by atoms with Gasteiger partial charge in [0.15, 0.2) is 0 Å². The molecule has 0 aliphatic carbocycles. The second-order valence-electron chi connectivity index (χ2n) is 2.22. The van der Waals surface area contributed by atoms with E-state index in [1.807, 2.05) is 0 Å². The van der Waals surface area contributed by atoms with Crippen molar-refractivity contribution < 1.29 is 9.84 Å². The van der Waals surface area contributed by atoms with Gasteiger partial charge in [0.2, 0.25) is 0 Å².